The fraction of sp³-hybridized carbons (Fsp3) is 0.381. The summed E-state index contributed by atoms with van der Waals surface area (Å²) >= 11 is 0. The van der Waals surface area contributed by atoms with Gasteiger partial charge in [0.2, 0.25) is 0 Å². The monoisotopic (exact) mass is 357 g/mol. The lowest BCUT2D eigenvalue weighted by atomic mass is 10.1. The van der Waals surface area contributed by atoms with Crippen LogP contribution in [0.4, 0.5) is 0 Å². The highest BCUT2D eigenvalue weighted by atomic mass is 16.5. The number of ether oxygens (including phenoxy) is 3. The second-order valence-corrected chi connectivity index (χ2v) is 6.17. The summed E-state index contributed by atoms with van der Waals surface area (Å²) in [6.45, 7) is 4.57. The van der Waals surface area contributed by atoms with Gasteiger partial charge >= 0.3 is 0 Å². The van der Waals surface area contributed by atoms with Crippen LogP contribution in [0.1, 0.15) is 23.6 Å². The third kappa shape index (κ3) is 4.91. The van der Waals surface area contributed by atoms with Gasteiger partial charge in [-0.15, -0.1) is 0 Å². The highest BCUT2D eigenvalue weighted by molar-refractivity contribution is 5.77. The van der Waals surface area contributed by atoms with Crippen LogP contribution in [0.5, 0.6) is 17.2 Å². The zero-order valence-corrected chi connectivity index (χ0v) is 16.2. The molecule has 1 amide bonds. The van der Waals surface area contributed by atoms with E-state index in [2.05, 4.69) is 6.92 Å². The van der Waals surface area contributed by atoms with E-state index in [9.17, 15) is 4.79 Å². The molecule has 0 atom stereocenters. The van der Waals surface area contributed by atoms with Gasteiger partial charge in [0.1, 0.15) is 5.75 Å². The molecule has 0 heterocycles. The average Bonchev–Trinajstić information content (AvgIpc) is 2.67. The largest absolute Gasteiger partial charge is 0.493 e. The Morgan fingerprint density at radius 2 is 1.65 bits per heavy atom. The Labute approximate surface area is 155 Å². The van der Waals surface area contributed by atoms with E-state index in [0.29, 0.717) is 23.8 Å². The Morgan fingerprint density at radius 3 is 2.23 bits per heavy atom. The van der Waals surface area contributed by atoms with Crippen molar-refractivity contribution in [2.45, 2.75) is 26.8 Å². The highest BCUT2D eigenvalue weighted by Crippen LogP contribution is 2.30. The Balaban J connectivity index is 1.97. The summed E-state index contributed by atoms with van der Waals surface area (Å²) in [6, 6.07) is 11.6. The number of rotatable bonds is 8. The van der Waals surface area contributed by atoms with E-state index in [0.717, 1.165) is 17.5 Å². The molecule has 2 aromatic rings. The predicted molar refractivity (Wildman–Crippen MR) is 102 cm³/mol. The molecule has 0 unspecified atom stereocenters. The number of carbonyl (C=O) groups is 1. The summed E-state index contributed by atoms with van der Waals surface area (Å²) < 4.78 is 16.2. The van der Waals surface area contributed by atoms with Crippen LogP contribution in [-0.4, -0.2) is 38.7 Å². The molecule has 5 heteroatoms. The van der Waals surface area contributed by atoms with Crippen LogP contribution in [0.15, 0.2) is 36.4 Å². The van der Waals surface area contributed by atoms with Gasteiger partial charge in [0, 0.05) is 13.6 Å². The van der Waals surface area contributed by atoms with E-state index >= 15 is 0 Å². The quantitative estimate of drug-likeness (QED) is 0.724. The van der Waals surface area contributed by atoms with Gasteiger partial charge in [0.05, 0.1) is 14.2 Å². The molecule has 140 valence electrons. The fourth-order valence-electron chi connectivity index (χ4n) is 2.61. The number of likely N-dealkylation sites (N-methyl/N-ethyl adjacent to an activating group) is 1. The van der Waals surface area contributed by atoms with E-state index in [-0.39, 0.29) is 12.5 Å². The Morgan fingerprint density at radius 1 is 1.04 bits per heavy atom. The number of methoxy groups -OCH3 is 2. The van der Waals surface area contributed by atoms with Gasteiger partial charge in [-0.25, -0.2) is 0 Å². The average molecular weight is 357 g/mol. The van der Waals surface area contributed by atoms with Crippen molar-refractivity contribution < 1.29 is 19.0 Å². The van der Waals surface area contributed by atoms with Gasteiger partial charge < -0.3 is 19.1 Å². The molecule has 0 N–H and O–H groups in total. The van der Waals surface area contributed by atoms with Crippen molar-refractivity contribution in [2.24, 2.45) is 0 Å². The first kappa shape index (κ1) is 19.6. The number of carbonyl (C=O) groups excluding carboxylic acids is 1. The molecule has 26 heavy (non-hydrogen) atoms. The van der Waals surface area contributed by atoms with Gasteiger partial charge in [0.15, 0.2) is 18.1 Å². The zero-order chi connectivity index (χ0) is 19.1. The van der Waals surface area contributed by atoms with Gasteiger partial charge in [-0.05, 0) is 54.3 Å². The van der Waals surface area contributed by atoms with Crippen molar-refractivity contribution in [3.8, 4) is 17.2 Å². The maximum absolute atomic E-state index is 12.4. The smallest absolute Gasteiger partial charge is 0.260 e. The minimum Gasteiger partial charge on any atom is -0.493 e. The number of nitrogens with zero attached hydrogens (tertiary/aromatic N) is 1. The van der Waals surface area contributed by atoms with Crippen LogP contribution in [0, 0.1) is 6.92 Å². The minimum atomic E-state index is -0.0845. The molecular weight excluding hydrogens is 330 g/mol. The SMILES string of the molecule is CCc1ccc(OCC(=O)N(C)Cc2cc(OC)c(OC)cc2C)cc1. The molecular formula is C21H27NO4. The van der Waals surface area contributed by atoms with Gasteiger partial charge in [0.25, 0.3) is 5.91 Å². The third-order valence-corrected chi connectivity index (χ3v) is 4.37. The molecule has 0 radical (unpaired) electrons. The first-order valence-electron chi connectivity index (χ1n) is 8.65. The molecule has 0 aliphatic rings. The summed E-state index contributed by atoms with van der Waals surface area (Å²) in [7, 11) is 4.97. The molecule has 0 bridgehead atoms. The number of hydrogen-bond acceptors (Lipinski definition) is 4. The second kappa shape index (κ2) is 9.13. The lowest BCUT2D eigenvalue weighted by Gasteiger charge is -2.20. The topological polar surface area (TPSA) is 48.0 Å². The van der Waals surface area contributed by atoms with Crippen molar-refractivity contribution in [3.05, 3.63) is 53.1 Å². The Bertz CT molecular complexity index is 740. The van der Waals surface area contributed by atoms with Crippen LogP contribution < -0.4 is 14.2 Å². The van der Waals surface area contributed by atoms with E-state index in [1.54, 1.807) is 26.2 Å². The number of amides is 1. The number of hydrogen-bond donors (Lipinski definition) is 0. The van der Waals surface area contributed by atoms with Crippen LogP contribution in [0.3, 0.4) is 0 Å². The molecule has 0 spiro atoms. The van der Waals surface area contributed by atoms with Gasteiger partial charge in [-0.1, -0.05) is 19.1 Å². The first-order valence-corrected chi connectivity index (χ1v) is 8.65. The lowest BCUT2D eigenvalue weighted by Crippen LogP contribution is -2.31. The van der Waals surface area contributed by atoms with Crippen LogP contribution in [0.25, 0.3) is 0 Å². The molecule has 2 rings (SSSR count). The normalized spacial score (nSPS) is 10.3. The van der Waals surface area contributed by atoms with E-state index in [1.165, 1.54) is 5.56 Å². The van der Waals surface area contributed by atoms with E-state index in [4.69, 9.17) is 14.2 Å². The Kier molecular flexibility index (Phi) is 6.89. The third-order valence-electron chi connectivity index (χ3n) is 4.37. The molecule has 2 aromatic carbocycles. The minimum absolute atomic E-state index is 0.00824. The Hall–Kier alpha value is -2.69. The standard InChI is InChI=1S/C21H27NO4/c1-6-16-7-9-18(10-8-16)26-14-21(23)22(3)13-17-12-20(25-5)19(24-4)11-15(17)2/h7-12H,6,13-14H2,1-5H3. The molecule has 0 saturated carbocycles. The maximum Gasteiger partial charge on any atom is 0.260 e. The van der Waals surface area contributed by atoms with Gasteiger partial charge in [-0.2, -0.15) is 0 Å². The summed E-state index contributed by atoms with van der Waals surface area (Å²) in [4.78, 5) is 14.0. The first-order chi connectivity index (χ1) is 12.5. The maximum atomic E-state index is 12.4. The van der Waals surface area contributed by atoms with Crippen molar-refractivity contribution in [1.82, 2.24) is 4.90 Å². The molecule has 0 aliphatic carbocycles. The van der Waals surface area contributed by atoms with Crippen LogP contribution in [0.2, 0.25) is 0 Å². The van der Waals surface area contributed by atoms with E-state index in [1.807, 2.05) is 43.3 Å². The van der Waals surface area contributed by atoms with Crippen molar-refractivity contribution in [3.63, 3.8) is 0 Å². The predicted octanol–water partition coefficient (Wildman–Crippen LogP) is 3.61. The fourth-order valence-corrected chi connectivity index (χ4v) is 2.61. The summed E-state index contributed by atoms with van der Waals surface area (Å²) in [6.07, 6.45) is 0.979. The highest BCUT2D eigenvalue weighted by Gasteiger charge is 2.14. The lowest BCUT2D eigenvalue weighted by molar-refractivity contribution is -0.132. The van der Waals surface area contributed by atoms with Crippen LogP contribution >= 0.6 is 0 Å². The number of benzene rings is 2. The number of aryl methyl sites for hydroxylation is 2. The van der Waals surface area contributed by atoms with Crippen LogP contribution in [-0.2, 0) is 17.8 Å². The van der Waals surface area contributed by atoms with E-state index < -0.39 is 0 Å². The molecule has 0 aromatic heterocycles. The molecule has 0 fully saturated rings. The second-order valence-electron chi connectivity index (χ2n) is 6.17. The molecule has 0 saturated heterocycles. The summed E-state index contributed by atoms with van der Waals surface area (Å²) in [5, 5.41) is 0. The van der Waals surface area contributed by atoms with Crippen molar-refractivity contribution >= 4 is 5.91 Å². The van der Waals surface area contributed by atoms with Crippen molar-refractivity contribution in [1.29, 1.82) is 0 Å². The molecule has 0 aliphatic heterocycles. The molecule has 5 nitrogen and oxygen atoms in total. The van der Waals surface area contributed by atoms with Crippen molar-refractivity contribution in [2.75, 3.05) is 27.9 Å². The van der Waals surface area contributed by atoms with Gasteiger partial charge in [-0.3, -0.25) is 4.79 Å². The zero-order valence-electron chi connectivity index (χ0n) is 16.2. The summed E-state index contributed by atoms with van der Waals surface area (Å²) in [5.74, 6) is 1.95. The summed E-state index contributed by atoms with van der Waals surface area (Å²) in [5.41, 5.74) is 3.29.